The van der Waals surface area contributed by atoms with Crippen molar-refractivity contribution < 1.29 is 9.84 Å². The van der Waals surface area contributed by atoms with Crippen LogP contribution in [-0.2, 0) is 0 Å². The maximum atomic E-state index is 10.7. The Hall–Kier alpha value is -1.98. The number of rotatable bonds is 5. The second-order valence-electron chi connectivity index (χ2n) is 5.35. The summed E-state index contributed by atoms with van der Waals surface area (Å²) < 4.78 is 5.48. The van der Waals surface area contributed by atoms with Crippen LogP contribution in [0.4, 0.5) is 0 Å². The zero-order chi connectivity index (χ0) is 16.2. The van der Waals surface area contributed by atoms with Gasteiger partial charge in [0.2, 0.25) is 0 Å². The quantitative estimate of drug-likeness (QED) is 0.884. The fourth-order valence-corrected chi connectivity index (χ4v) is 3.80. The smallest absolute Gasteiger partial charge is 0.155 e. The first-order valence-corrected chi connectivity index (χ1v) is 8.52. The molecule has 3 rings (SSSR count). The molecule has 0 amide bonds. The van der Waals surface area contributed by atoms with E-state index < -0.39 is 6.10 Å². The lowest BCUT2D eigenvalue weighted by Gasteiger charge is -2.23. The van der Waals surface area contributed by atoms with Crippen LogP contribution in [0, 0.1) is 0 Å². The molecular formula is C18H20N2O2S. The van der Waals surface area contributed by atoms with Crippen molar-refractivity contribution in [1.29, 1.82) is 0 Å². The lowest BCUT2D eigenvalue weighted by atomic mass is 9.96. The number of ether oxygens (including phenoxy) is 1. The van der Waals surface area contributed by atoms with Crippen LogP contribution >= 0.6 is 11.8 Å². The van der Waals surface area contributed by atoms with Crippen molar-refractivity contribution in [3.63, 3.8) is 0 Å². The van der Waals surface area contributed by atoms with Gasteiger partial charge in [0.1, 0.15) is 11.9 Å². The van der Waals surface area contributed by atoms with Gasteiger partial charge in [-0.1, -0.05) is 54.2 Å². The zero-order valence-electron chi connectivity index (χ0n) is 12.9. The molecule has 0 aliphatic carbocycles. The summed E-state index contributed by atoms with van der Waals surface area (Å²) >= 11 is 1.50. The first kappa shape index (κ1) is 15.9. The topological polar surface area (TPSA) is 67.8 Å². The maximum Gasteiger partial charge on any atom is 0.155 e. The number of benzene rings is 2. The third kappa shape index (κ3) is 3.51. The molecule has 4 nitrogen and oxygen atoms in total. The number of amidine groups is 1. The van der Waals surface area contributed by atoms with E-state index in [1.165, 1.54) is 11.8 Å². The normalized spacial score (nSPS) is 21.7. The molecule has 3 N–H and O–H groups in total. The van der Waals surface area contributed by atoms with Crippen LogP contribution in [0.5, 0.6) is 5.75 Å². The van der Waals surface area contributed by atoms with E-state index in [1.54, 1.807) is 0 Å². The van der Waals surface area contributed by atoms with Gasteiger partial charge in [-0.05, 0) is 30.2 Å². The van der Waals surface area contributed by atoms with Crippen molar-refractivity contribution in [2.75, 3.05) is 6.61 Å². The van der Waals surface area contributed by atoms with Gasteiger partial charge in [0.25, 0.3) is 0 Å². The summed E-state index contributed by atoms with van der Waals surface area (Å²) in [6.07, 6.45) is -0.679. The fraction of sp³-hybridized carbons (Fsp3) is 0.278. The Balaban J connectivity index is 1.83. The van der Waals surface area contributed by atoms with E-state index in [4.69, 9.17) is 10.5 Å². The van der Waals surface area contributed by atoms with E-state index in [2.05, 4.69) is 4.99 Å². The van der Waals surface area contributed by atoms with Gasteiger partial charge in [-0.3, -0.25) is 4.99 Å². The Labute approximate surface area is 140 Å². The minimum atomic E-state index is -0.679. The highest BCUT2D eigenvalue weighted by atomic mass is 32.2. The highest BCUT2D eigenvalue weighted by Gasteiger charge is 2.36. The molecule has 1 aliphatic heterocycles. The van der Waals surface area contributed by atoms with Crippen molar-refractivity contribution in [2.45, 2.75) is 24.3 Å². The third-order valence-electron chi connectivity index (χ3n) is 3.82. The van der Waals surface area contributed by atoms with Crippen LogP contribution in [0.1, 0.15) is 29.4 Å². The van der Waals surface area contributed by atoms with E-state index >= 15 is 0 Å². The van der Waals surface area contributed by atoms with Gasteiger partial charge in [0.15, 0.2) is 5.17 Å². The van der Waals surface area contributed by atoms with Crippen LogP contribution in [0.15, 0.2) is 59.6 Å². The molecule has 0 bridgehead atoms. The van der Waals surface area contributed by atoms with Crippen molar-refractivity contribution in [3.8, 4) is 5.75 Å². The maximum absolute atomic E-state index is 10.7. The molecule has 0 saturated carbocycles. The molecular weight excluding hydrogens is 308 g/mol. The highest BCUT2D eigenvalue weighted by Crippen LogP contribution is 2.44. The molecule has 3 atom stereocenters. The van der Waals surface area contributed by atoms with Crippen LogP contribution in [-0.4, -0.2) is 22.9 Å². The van der Waals surface area contributed by atoms with Crippen LogP contribution in [0.3, 0.4) is 0 Å². The lowest BCUT2D eigenvalue weighted by Crippen LogP contribution is -2.20. The SMILES string of the molecule is CCOc1ccc(C2SC(N)=NC2C(O)c2ccccc2)cc1. The third-order valence-corrected chi connectivity index (χ3v) is 4.97. The number of nitrogens with zero attached hydrogens (tertiary/aromatic N) is 1. The van der Waals surface area contributed by atoms with Gasteiger partial charge >= 0.3 is 0 Å². The summed E-state index contributed by atoms with van der Waals surface area (Å²) in [5, 5.41) is 11.2. The summed E-state index contributed by atoms with van der Waals surface area (Å²) in [5.74, 6) is 0.841. The fourth-order valence-electron chi connectivity index (χ4n) is 2.71. The van der Waals surface area contributed by atoms with Gasteiger partial charge in [-0.2, -0.15) is 0 Å². The molecule has 0 saturated heterocycles. The van der Waals surface area contributed by atoms with Crippen molar-refractivity contribution in [3.05, 3.63) is 65.7 Å². The molecule has 0 aromatic heterocycles. The number of nitrogens with two attached hydrogens (primary N) is 1. The van der Waals surface area contributed by atoms with Crippen molar-refractivity contribution >= 4 is 16.9 Å². The molecule has 2 aromatic rings. The predicted octanol–water partition coefficient (Wildman–Crippen LogP) is 3.29. The molecule has 5 heteroatoms. The van der Waals surface area contributed by atoms with Crippen LogP contribution < -0.4 is 10.5 Å². The summed E-state index contributed by atoms with van der Waals surface area (Å²) in [4.78, 5) is 4.46. The molecule has 0 fully saturated rings. The van der Waals surface area contributed by atoms with Crippen LogP contribution in [0.25, 0.3) is 0 Å². The molecule has 3 unspecified atom stereocenters. The highest BCUT2D eigenvalue weighted by molar-refractivity contribution is 8.14. The molecule has 23 heavy (non-hydrogen) atoms. The minimum absolute atomic E-state index is 0.000817. The standard InChI is InChI=1S/C18H20N2O2S/c1-2-22-14-10-8-13(9-11-14)17-15(20-18(19)23-17)16(21)12-6-4-3-5-7-12/h3-11,15-17,21H,2H2,1H3,(H2,19,20). The molecule has 120 valence electrons. The van der Waals surface area contributed by atoms with Gasteiger partial charge in [-0.25, -0.2) is 0 Å². The van der Waals surface area contributed by atoms with Gasteiger partial charge < -0.3 is 15.6 Å². The summed E-state index contributed by atoms with van der Waals surface area (Å²) in [6, 6.07) is 17.2. The Bertz CT molecular complexity index is 673. The average Bonchev–Trinajstić information content (AvgIpc) is 2.98. The Morgan fingerprint density at radius 1 is 1.17 bits per heavy atom. The number of aliphatic imine (C=N–C) groups is 1. The Kier molecular flexibility index (Phi) is 4.88. The summed E-state index contributed by atoms with van der Waals surface area (Å²) in [6.45, 7) is 2.60. The Morgan fingerprint density at radius 3 is 2.52 bits per heavy atom. The number of hydrogen-bond acceptors (Lipinski definition) is 5. The largest absolute Gasteiger partial charge is 0.494 e. The first-order chi connectivity index (χ1) is 11.2. The number of aliphatic hydroxyl groups is 1. The molecule has 0 radical (unpaired) electrons. The monoisotopic (exact) mass is 328 g/mol. The Morgan fingerprint density at radius 2 is 1.87 bits per heavy atom. The van der Waals surface area contributed by atoms with E-state index in [1.807, 2.05) is 61.5 Å². The molecule has 2 aromatic carbocycles. The molecule has 1 aliphatic rings. The zero-order valence-corrected chi connectivity index (χ0v) is 13.7. The first-order valence-electron chi connectivity index (χ1n) is 7.64. The molecule has 0 spiro atoms. The lowest BCUT2D eigenvalue weighted by molar-refractivity contribution is 0.147. The van der Waals surface area contributed by atoms with Gasteiger partial charge in [0, 0.05) is 0 Å². The van der Waals surface area contributed by atoms with E-state index in [9.17, 15) is 5.11 Å². The number of aliphatic hydroxyl groups excluding tert-OH is 1. The average molecular weight is 328 g/mol. The van der Waals surface area contributed by atoms with E-state index in [0.29, 0.717) is 11.8 Å². The number of hydrogen-bond donors (Lipinski definition) is 2. The van der Waals surface area contributed by atoms with E-state index in [0.717, 1.165) is 16.9 Å². The second-order valence-corrected chi connectivity index (χ2v) is 6.52. The minimum Gasteiger partial charge on any atom is -0.494 e. The van der Waals surface area contributed by atoms with Crippen LogP contribution in [0.2, 0.25) is 0 Å². The summed E-state index contributed by atoms with van der Waals surface area (Å²) in [7, 11) is 0. The molecule has 1 heterocycles. The van der Waals surface area contributed by atoms with Gasteiger partial charge in [-0.15, -0.1) is 0 Å². The van der Waals surface area contributed by atoms with Crippen molar-refractivity contribution in [1.82, 2.24) is 0 Å². The summed E-state index contributed by atoms with van der Waals surface area (Å²) in [5.41, 5.74) is 7.86. The van der Waals surface area contributed by atoms with E-state index in [-0.39, 0.29) is 11.3 Å². The van der Waals surface area contributed by atoms with Crippen molar-refractivity contribution in [2.24, 2.45) is 10.7 Å². The number of thioether (sulfide) groups is 1. The second kappa shape index (κ2) is 7.06. The predicted molar refractivity (Wildman–Crippen MR) is 94.8 cm³/mol. The van der Waals surface area contributed by atoms with Gasteiger partial charge in [0.05, 0.1) is 17.9 Å².